The maximum absolute atomic E-state index is 12.5. The van der Waals surface area contributed by atoms with Gasteiger partial charge in [-0.1, -0.05) is 42.5 Å². The topological polar surface area (TPSA) is 51.2 Å². The highest BCUT2D eigenvalue weighted by Gasteiger charge is 2.24. The van der Waals surface area contributed by atoms with Crippen molar-refractivity contribution in [3.8, 4) is 11.5 Å². The molecular formula is C26H31BrN2O4S. The van der Waals surface area contributed by atoms with Gasteiger partial charge in [0.1, 0.15) is 4.99 Å². The van der Waals surface area contributed by atoms with E-state index in [1.54, 1.807) is 12.0 Å². The molecule has 0 atom stereocenters. The summed E-state index contributed by atoms with van der Waals surface area (Å²) in [5.74, 6) is 1.69. The second-order valence-electron chi connectivity index (χ2n) is 8.70. The largest absolute Gasteiger partial charge is 0.493 e. The number of halogens is 1. The van der Waals surface area contributed by atoms with E-state index in [2.05, 4.69) is 51.2 Å². The van der Waals surface area contributed by atoms with Gasteiger partial charge in [-0.25, -0.2) is 0 Å². The van der Waals surface area contributed by atoms with Crippen molar-refractivity contribution in [3.05, 3.63) is 58.1 Å². The fraction of sp³-hybridized carbons (Fsp3) is 0.462. The molecule has 0 radical (unpaired) electrons. The molecule has 0 unspecified atom stereocenters. The first-order valence-corrected chi connectivity index (χ1v) is 12.9. The van der Waals surface area contributed by atoms with E-state index in [0.717, 1.165) is 47.4 Å². The lowest BCUT2D eigenvalue weighted by Gasteiger charge is -2.34. The summed E-state index contributed by atoms with van der Waals surface area (Å²) in [7, 11) is 1.60. The van der Waals surface area contributed by atoms with E-state index in [1.165, 1.54) is 5.56 Å². The standard InChI is InChI=1S/C26H31BrN2O4S/c1-31-23-17-21(16-22(27)25(23)33-18-24(30)28-11-13-32-14-12-28)26(34)29-9-7-20(8-10-29)15-19-5-3-2-4-6-19/h2-6,16-17,20H,7-15,18H2,1H3. The summed E-state index contributed by atoms with van der Waals surface area (Å²) >= 11 is 9.44. The third kappa shape index (κ3) is 6.29. The molecule has 2 aromatic carbocycles. The lowest BCUT2D eigenvalue weighted by molar-refractivity contribution is -0.137. The van der Waals surface area contributed by atoms with Crippen LogP contribution < -0.4 is 9.47 Å². The van der Waals surface area contributed by atoms with Crippen LogP contribution in [-0.2, 0) is 16.0 Å². The van der Waals surface area contributed by atoms with Gasteiger partial charge in [0.25, 0.3) is 5.91 Å². The average molecular weight is 548 g/mol. The Bertz CT molecular complexity index is 990. The van der Waals surface area contributed by atoms with Crippen LogP contribution in [0.25, 0.3) is 0 Å². The number of carbonyl (C=O) groups is 1. The quantitative estimate of drug-likeness (QED) is 0.482. The van der Waals surface area contributed by atoms with Crippen molar-refractivity contribution in [2.75, 3.05) is 53.1 Å². The molecule has 0 aromatic heterocycles. The van der Waals surface area contributed by atoms with Crippen molar-refractivity contribution in [1.82, 2.24) is 9.80 Å². The van der Waals surface area contributed by atoms with E-state index in [0.29, 0.717) is 43.7 Å². The normalized spacial score (nSPS) is 16.9. The Kier molecular flexibility index (Phi) is 8.80. The molecule has 0 saturated carbocycles. The van der Waals surface area contributed by atoms with Gasteiger partial charge in [-0.2, -0.15) is 0 Å². The van der Waals surface area contributed by atoms with Gasteiger partial charge in [0.15, 0.2) is 18.1 Å². The Morgan fingerprint density at radius 3 is 2.47 bits per heavy atom. The average Bonchev–Trinajstić information content (AvgIpc) is 2.88. The molecule has 2 heterocycles. The zero-order valence-electron chi connectivity index (χ0n) is 19.5. The highest BCUT2D eigenvalue weighted by Crippen LogP contribution is 2.37. The first kappa shape index (κ1) is 24.9. The molecule has 0 N–H and O–H groups in total. The Morgan fingerprint density at radius 1 is 1.09 bits per heavy atom. The summed E-state index contributed by atoms with van der Waals surface area (Å²) < 4.78 is 17.5. The number of carbonyl (C=O) groups excluding carboxylic acids is 1. The molecule has 0 spiro atoms. The predicted octanol–water partition coefficient (Wildman–Crippen LogP) is 4.33. The molecule has 34 heavy (non-hydrogen) atoms. The first-order chi connectivity index (χ1) is 16.5. The Balaban J connectivity index is 1.36. The molecule has 0 bridgehead atoms. The molecule has 0 aliphatic carbocycles. The fourth-order valence-corrected chi connectivity index (χ4v) is 5.35. The second kappa shape index (κ2) is 12.0. The number of thiocarbonyl (C=S) groups is 1. The van der Waals surface area contributed by atoms with Gasteiger partial charge in [-0.05, 0) is 58.8 Å². The van der Waals surface area contributed by atoms with Crippen LogP contribution in [-0.4, -0.2) is 73.8 Å². The molecule has 8 heteroatoms. The van der Waals surface area contributed by atoms with Crippen LogP contribution in [0.2, 0.25) is 0 Å². The van der Waals surface area contributed by atoms with Crippen LogP contribution in [0.4, 0.5) is 0 Å². The van der Waals surface area contributed by atoms with E-state index in [9.17, 15) is 4.79 Å². The number of likely N-dealkylation sites (tertiary alicyclic amines) is 1. The second-order valence-corrected chi connectivity index (χ2v) is 9.94. The third-order valence-corrected chi connectivity index (χ3v) is 7.53. The number of amides is 1. The van der Waals surface area contributed by atoms with Gasteiger partial charge < -0.3 is 24.0 Å². The Labute approximate surface area is 215 Å². The van der Waals surface area contributed by atoms with E-state index in [4.69, 9.17) is 26.4 Å². The molecule has 2 aliphatic rings. The van der Waals surface area contributed by atoms with E-state index in [1.807, 2.05) is 12.1 Å². The SMILES string of the molecule is COc1cc(C(=S)N2CCC(Cc3ccccc3)CC2)cc(Br)c1OCC(=O)N1CCOCC1. The predicted molar refractivity (Wildman–Crippen MR) is 140 cm³/mol. The monoisotopic (exact) mass is 546 g/mol. The number of morpholine rings is 1. The highest BCUT2D eigenvalue weighted by molar-refractivity contribution is 9.10. The number of rotatable bonds is 7. The number of ether oxygens (including phenoxy) is 3. The molecule has 2 saturated heterocycles. The van der Waals surface area contributed by atoms with Crippen LogP contribution in [0.1, 0.15) is 24.0 Å². The van der Waals surface area contributed by atoms with Crippen LogP contribution >= 0.6 is 28.1 Å². The van der Waals surface area contributed by atoms with Crippen molar-refractivity contribution >= 4 is 39.0 Å². The minimum atomic E-state index is -0.0600. The number of methoxy groups -OCH3 is 1. The Morgan fingerprint density at radius 2 is 1.79 bits per heavy atom. The molecule has 2 aromatic rings. The molecule has 1 amide bonds. The number of nitrogens with zero attached hydrogens (tertiary/aromatic N) is 2. The number of hydrogen-bond donors (Lipinski definition) is 0. The summed E-state index contributed by atoms with van der Waals surface area (Å²) in [4.78, 5) is 17.3. The number of piperidine rings is 1. The van der Waals surface area contributed by atoms with Crippen molar-refractivity contribution in [1.29, 1.82) is 0 Å². The van der Waals surface area contributed by atoms with Crippen LogP contribution in [0, 0.1) is 5.92 Å². The maximum atomic E-state index is 12.5. The molecular weight excluding hydrogens is 516 g/mol. The zero-order valence-corrected chi connectivity index (χ0v) is 21.9. The molecule has 2 aliphatic heterocycles. The summed E-state index contributed by atoms with van der Waals surface area (Å²) in [6.07, 6.45) is 3.37. The van der Waals surface area contributed by atoms with Gasteiger partial charge in [0.2, 0.25) is 0 Å². The summed E-state index contributed by atoms with van der Waals surface area (Å²) in [6, 6.07) is 14.5. The summed E-state index contributed by atoms with van der Waals surface area (Å²) in [6.45, 7) is 4.16. The minimum absolute atomic E-state index is 0.0479. The number of hydrogen-bond acceptors (Lipinski definition) is 5. The summed E-state index contributed by atoms with van der Waals surface area (Å²) in [5, 5.41) is 0. The molecule has 182 valence electrons. The van der Waals surface area contributed by atoms with Gasteiger partial charge in [0, 0.05) is 31.7 Å². The van der Waals surface area contributed by atoms with Crippen LogP contribution in [0.3, 0.4) is 0 Å². The van der Waals surface area contributed by atoms with Crippen molar-refractivity contribution in [3.63, 3.8) is 0 Å². The van der Waals surface area contributed by atoms with Crippen molar-refractivity contribution in [2.45, 2.75) is 19.3 Å². The van der Waals surface area contributed by atoms with Crippen molar-refractivity contribution < 1.29 is 19.0 Å². The summed E-state index contributed by atoms with van der Waals surface area (Å²) in [5.41, 5.74) is 2.31. The van der Waals surface area contributed by atoms with Crippen molar-refractivity contribution in [2.24, 2.45) is 5.92 Å². The van der Waals surface area contributed by atoms with E-state index >= 15 is 0 Å². The van der Waals surface area contributed by atoms with Gasteiger partial charge in [-0.15, -0.1) is 0 Å². The fourth-order valence-electron chi connectivity index (χ4n) is 4.49. The van der Waals surface area contributed by atoms with E-state index in [-0.39, 0.29) is 12.5 Å². The van der Waals surface area contributed by atoms with Crippen LogP contribution in [0.5, 0.6) is 11.5 Å². The highest BCUT2D eigenvalue weighted by atomic mass is 79.9. The van der Waals surface area contributed by atoms with E-state index < -0.39 is 0 Å². The Hall–Kier alpha value is -2.16. The zero-order chi connectivity index (χ0) is 23.9. The lowest BCUT2D eigenvalue weighted by atomic mass is 9.90. The third-order valence-electron chi connectivity index (χ3n) is 6.45. The van der Waals surface area contributed by atoms with Crippen LogP contribution in [0.15, 0.2) is 46.9 Å². The number of benzene rings is 2. The minimum Gasteiger partial charge on any atom is -0.493 e. The first-order valence-electron chi connectivity index (χ1n) is 11.7. The lowest BCUT2D eigenvalue weighted by Crippen LogP contribution is -2.43. The van der Waals surface area contributed by atoms with Gasteiger partial charge in [-0.3, -0.25) is 4.79 Å². The smallest absolute Gasteiger partial charge is 0.260 e. The maximum Gasteiger partial charge on any atom is 0.260 e. The molecule has 2 fully saturated rings. The van der Waals surface area contributed by atoms with Gasteiger partial charge >= 0.3 is 0 Å². The molecule has 4 rings (SSSR count). The molecule has 6 nitrogen and oxygen atoms in total. The van der Waals surface area contributed by atoms with Gasteiger partial charge in [0.05, 0.1) is 24.8 Å².